The molecule has 2 aliphatic rings. The number of benzene rings is 1. The maximum Gasteiger partial charge on any atom is 0.328 e. The molecular formula is C13H12N2O4. The van der Waals surface area contributed by atoms with E-state index in [4.69, 9.17) is 5.11 Å². The average Bonchev–Trinajstić information content (AvgIpc) is 2.97. The molecule has 0 spiro atoms. The molecule has 0 saturated carbocycles. The molecule has 1 unspecified atom stereocenters. The van der Waals surface area contributed by atoms with Crippen LogP contribution in [0.15, 0.2) is 30.3 Å². The number of carboxylic acids is 1. The number of imide groups is 1. The molecule has 2 aliphatic heterocycles. The Morgan fingerprint density at radius 3 is 2.47 bits per heavy atom. The second-order valence-corrected chi connectivity index (χ2v) is 4.72. The second kappa shape index (κ2) is 4.08. The van der Waals surface area contributed by atoms with Crippen LogP contribution >= 0.6 is 0 Å². The molecule has 0 aliphatic carbocycles. The Bertz CT molecular complexity index is 557. The number of hydrogen-bond donors (Lipinski definition) is 1. The number of carbonyl (C=O) groups excluding carboxylic acids is 2. The molecule has 2 heterocycles. The van der Waals surface area contributed by atoms with Crippen molar-refractivity contribution in [2.45, 2.75) is 18.5 Å². The minimum atomic E-state index is -1.01. The van der Waals surface area contributed by atoms with Crippen molar-refractivity contribution in [1.29, 1.82) is 0 Å². The van der Waals surface area contributed by atoms with Gasteiger partial charge in [0.25, 0.3) is 5.91 Å². The largest absolute Gasteiger partial charge is 0.480 e. The van der Waals surface area contributed by atoms with Gasteiger partial charge in [0.1, 0.15) is 6.04 Å². The van der Waals surface area contributed by atoms with E-state index in [9.17, 15) is 14.4 Å². The molecule has 2 atom stereocenters. The van der Waals surface area contributed by atoms with Gasteiger partial charge in [-0.1, -0.05) is 18.2 Å². The Morgan fingerprint density at radius 2 is 1.89 bits per heavy atom. The number of rotatable bonds is 2. The molecule has 2 fully saturated rings. The first-order chi connectivity index (χ1) is 9.09. The summed E-state index contributed by atoms with van der Waals surface area (Å²) in [6.45, 7) is 0.314. The van der Waals surface area contributed by atoms with Crippen LogP contribution in [0.25, 0.3) is 0 Å². The van der Waals surface area contributed by atoms with E-state index >= 15 is 0 Å². The Morgan fingerprint density at radius 1 is 1.21 bits per heavy atom. The van der Waals surface area contributed by atoms with Gasteiger partial charge in [-0.25, -0.2) is 9.59 Å². The molecule has 98 valence electrons. The fourth-order valence-electron chi connectivity index (χ4n) is 2.71. The molecule has 3 amide bonds. The van der Waals surface area contributed by atoms with E-state index in [0.717, 1.165) is 0 Å². The number of nitrogens with zero attached hydrogens (tertiary/aromatic N) is 2. The minimum absolute atomic E-state index is 0.305. The quantitative estimate of drug-likeness (QED) is 0.852. The Kier molecular flexibility index (Phi) is 2.51. The fraction of sp³-hybridized carbons (Fsp3) is 0.308. The topological polar surface area (TPSA) is 77.9 Å². The van der Waals surface area contributed by atoms with Crippen molar-refractivity contribution in [2.75, 3.05) is 6.54 Å². The lowest BCUT2D eigenvalue weighted by Crippen LogP contribution is -2.50. The van der Waals surface area contributed by atoms with Gasteiger partial charge in [0.2, 0.25) is 0 Å². The summed E-state index contributed by atoms with van der Waals surface area (Å²) in [5.41, 5.74) is 0.441. The van der Waals surface area contributed by atoms with Crippen molar-refractivity contribution in [3.05, 3.63) is 35.9 Å². The van der Waals surface area contributed by atoms with Crippen LogP contribution in [0.1, 0.15) is 16.8 Å². The van der Waals surface area contributed by atoms with E-state index in [2.05, 4.69) is 0 Å². The monoisotopic (exact) mass is 260 g/mol. The molecule has 0 aromatic heterocycles. The third kappa shape index (κ3) is 1.68. The van der Waals surface area contributed by atoms with Crippen molar-refractivity contribution in [3.63, 3.8) is 0 Å². The van der Waals surface area contributed by atoms with Crippen molar-refractivity contribution < 1.29 is 19.5 Å². The minimum Gasteiger partial charge on any atom is -0.480 e. The van der Waals surface area contributed by atoms with Crippen LogP contribution in [0.5, 0.6) is 0 Å². The van der Waals surface area contributed by atoms with E-state index in [-0.39, 0.29) is 11.9 Å². The highest BCUT2D eigenvalue weighted by atomic mass is 16.4. The maximum absolute atomic E-state index is 12.3. The van der Waals surface area contributed by atoms with Gasteiger partial charge in [0, 0.05) is 18.5 Å². The lowest BCUT2D eigenvalue weighted by atomic mass is 10.1. The molecule has 1 aromatic rings. The first-order valence-electron chi connectivity index (χ1n) is 6.01. The molecule has 19 heavy (non-hydrogen) atoms. The molecular weight excluding hydrogens is 248 g/mol. The lowest BCUT2D eigenvalue weighted by Gasteiger charge is -2.28. The Hall–Kier alpha value is -2.37. The number of carboxylic acid groups (broad SMARTS) is 1. The summed E-state index contributed by atoms with van der Waals surface area (Å²) in [5.74, 6) is -1.37. The van der Waals surface area contributed by atoms with Crippen molar-refractivity contribution in [3.8, 4) is 0 Å². The zero-order valence-corrected chi connectivity index (χ0v) is 10.0. The predicted molar refractivity (Wildman–Crippen MR) is 64.5 cm³/mol. The third-order valence-electron chi connectivity index (χ3n) is 3.62. The van der Waals surface area contributed by atoms with Crippen LogP contribution in [-0.2, 0) is 4.79 Å². The summed E-state index contributed by atoms with van der Waals surface area (Å²) >= 11 is 0. The number of amides is 3. The number of aliphatic carboxylic acids is 1. The molecule has 1 N–H and O–H groups in total. The SMILES string of the molecule is O=C(O)C1C[C@H]2CN1C(=O)N2C(=O)c1ccccc1. The average molecular weight is 260 g/mol. The van der Waals surface area contributed by atoms with Gasteiger partial charge in [-0.05, 0) is 12.1 Å². The van der Waals surface area contributed by atoms with Gasteiger partial charge >= 0.3 is 12.0 Å². The van der Waals surface area contributed by atoms with Gasteiger partial charge in [-0.15, -0.1) is 0 Å². The molecule has 6 nitrogen and oxygen atoms in total. The number of fused-ring (bicyclic) bond motifs is 2. The highest BCUT2D eigenvalue weighted by Gasteiger charge is 2.53. The van der Waals surface area contributed by atoms with Crippen LogP contribution in [-0.4, -0.2) is 51.4 Å². The lowest BCUT2D eigenvalue weighted by molar-refractivity contribution is -0.141. The van der Waals surface area contributed by atoms with Crippen molar-refractivity contribution in [1.82, 2.24) is 9.80 Å². The summed E-state index contributed by atoms with van der Waals surface area (Å²) in [7, 11) is 0. The van der Waals surface area contributed by atoms with E-state index < -0.39 is 18.0 Å². The number of hydrogen-bond acceptors (Lipinski definition) is 3. The summed E-state index contributed by atoms with van der Waals surface area (Å²) in [6, 6.07) is 6.91. The highest BCUT2D eigenvalue weighted by Crippen LogP contribution is 2.32. The summed E-state index contributed by atoms with van der Waals surface area (Å²) in [4.78, 5) is 37.7. The number of urea groups is 1. The standard InChI is InChI=1S/C13H12N2O4/c16-11(8-4-2-1-3-5-8)15-9-6-10(12(17)18)14(7-9)13(15)19/h1-5,9-10H,6-7H2,(H,17,18)/t9-,10?/m0/s1. The smallest absolute Gasteiger partial charge is 0.328 e. The molecule has 1 aromatic carbocycles. The Labute approximate surface area is 109 Å². The molecule has 3 rings (SSSR count). The van der Waals surface area contributed by atoms with Crippen LogP contribution in [0.4, 0.5) is 4.79 Å². The Balaban J connectivity index is 1.85. The van der Waals surface area contributed by atoms with Gasteiger partial charge < -0.3 is 10.0 Å². The number of carbonyl (C=O) groups is 3. The van der Waals surface area contributed by atoms with E-state index in [1.807, 2.05) is 0 Å². The predicted octanol–water partition coefficient (Wildman–Crippen LogP) is 0.790. The zero-order chi connectivity index (χ0) is 13.6. The first kappa shape index (κ1) is 11.7. The van der Waals surface area contributed by atoms with Gasteiger partial charge in [-0.3, -0.25) is 9.69 Å². The second-order valence-electron chi connectivity index (χ2n) is 4.72. The fourth-order valence-corrected chi connectivity index (χ4v) is 2.71. The van der Waals surface area contributed by atoms with Gasteiger partial charge in [0.15, 0.2) is 0 Å². The van der Waals surface area contributed by atoms with Crippen LogP contribution in [0.2, 0.25) is 0 Å². The molecule has 6 heteroatoms. The normalized spacial score (nSPS) is 24.9. The van der Waals surface area contributed by atoms with E-state index in [0.29, 0.717) is 18.5 Å². The maximum atomic E-state index is 12.3. The summed E-state index contributed by atoms with van der Waals surface area (Å²) < 4.78 is 0. The summed E-state index contributed by atoms with van der Waals surface area (Å²) in [6.07, 6.45) is 0.305. The summed E-state index contributed by atoms with van der Waals surface area (Å²) in [5, 5.41) is 9.00. The van der Waals surface area contributed by atoms with E-state index in [1.54, 1.807) is 30.3 Å². The van der Waals surface area contributed by atoms with Crippen LogP contribution in [0.3, 0.4) is 0 Å². The van der Waals surface area contributed by atoms with Crippen LogP contribution in [0, 0.1) is 0 Å². The van der Waals surface area contributed by atoms with Gasteiger partial charge in [0.05, 0.1) is 6.04 Å². The highest BCUT2D eigenvalue weighted by molar-refractivity contribution is 6.06. The van der Waals surface area contributed by atoms with Crippen LogP contribution < -0.4 is 0 Å². The van der Waals surface area contributed by atoms with E-state index in [1.165, 1.54) is 9.80 Å². The van der Waals surface area contributed by atoms with Crippen molar-refractivity contribution in [2.24, 2.45) is 0 Å². The van der Waals surface area contributed by atoms with Gasteiger partial charge in [-0.2, -0.15) is 0 Å². The molecule has 0 radical (unpaired) electrons. The zero-order valence-electron chi connectivity index (χ0n) is 10.0. The third-order valence-corrected chi connectivity index (χ3v) is 3.62. The molecule has 2 saturated heterocycles. The first-order valence-corrected chi connectivity index (χ1v) is 6.01. The molecule has 2 bridgehead atoms. The van der Waals surface area contributed by atoms with Crippen molar-refractivity contribution >= 4 is 17.9 Å².